The Kier molecular flexibility index (Phi) is 5.17. The summed E-state index contributed by atoms with van der Waals surface area (Å²) in [6.07, 6.45) is 5.62. The first-order chi connectivity index (χ1) is 7.67. The van der Waals surface area contributed by atoms with Gasteiger partial charge >= 0.3 is 0 Å². The largest absolute Gasteiger partial charge is 0.508 e. The lowest BCUT2D eigenvalue weighted by atomic mass is 9.91. The molecule has 16 heavy (non-hydrogen) atoms. The molecule has 0 aliphatic heterocycles. The normalized spacial score (nSPS) is 12.6. The number of hydrogen-bond donors (Lipinski definition) is 2. The lowest BCUT2D eigenvalue weighted by molar-refractivity contribution is 0.421. The van der Waals surface area contributed by atoms with Crippen molar-refractivity contribution in [2.75, 3.05) is 0 Å². The van der Waals surface area contributed by atoms with Crippen LogP contribution in [0.2, 0.25) is 0 Å². The fourth-order valence-electron chi connectivity index (χ4n) is 1.99. The van der Waals surface area contributed by atoms with E-state index in [0.717, 1.165) is 18.4 Å². The van der Waals surface area contributed by atoms with Crippen LogP contribution in [0.15, 0.2) is 18.2 Å². The molecule has 0 fully saturated rings. The minimum absolute atomic E-state index is 0.234. The van der Waals surface area contributed by atoms with E-state index in [1.54, 1.807) is 12.1 Å². The summed E-state index contributed by atoms with van der Waals surface area (Å²) in [4.78, 5) is 0. The zero-order valence-electron chi connectivity index (χ0n) is 10.2. The third kappa shape index (κ3) is 3.76. The third-order valence-electron chi connectivity index (χ3n) is 3.11. The number of hydrogen-bond acceptors (Lipinski definition) is 2. The smallest absolute Gasteiger partial charge is 0.119 e. The van der Waals surface area contributed by atoms with E-state index in [1.807, 2.05) is 0 Å². The molecule has 1 unspecified atom stereocenters. The van der Waals surface area contributed by atoms with E-state index in [9.17, 15) is 10.2 Å². The molecule has 0 spiro atoms. The van der Waals surface area contributed by atoms with Crippen molar-refractivity contribution in [2.24, 2.45) is 5.92 Å². The van der Waals surface area contributed by atoms with Gasteiger partial charge in [-0.05, 0) is 36.1 Å². The second kappa shape index (κ2) is 6.41. The Morgan fingerprint density at radius 1 is 1.19 bits per heavy atom. The molecule has 1 atom stereocenters. The minimum Gasteiger partial charge on any atom is -0.508 e. The molecule has 0 aliphatic carbocycles. The molecule has 90 valence electrons. The van der Waals surface area contributed by atoms with Crippen molar-refractivity contribution < 1.29 is 10.2 Å². The zero-order valence-corrected chi connectivity index (χ0v) is 10.2. The Bertz CT molecular complexity index is 321. The number of unbranched alkanes of at least 4 members (excludes halogenated alkanes) is 1. The summed E-state index contributed by atoms with van der Waals surface area (Å²) in [6, 6.07) is 4.76. The topological polar surface area (TPSA) is 40.5 Å². The van der Waals surface area contributed by atoms with E-state index in [2.05, 4.69) is 13.8 Å². The van der Waals surface area contributed by atoms with Crippen molar-refractivity contribution in [3.05, 3.63) is 23.8 Å². The third-order valence-corrected chi connectivity index (χ3v) is 3.11. The first kappa shape index (κ1) is 12.9. The second-order valence-corrected chi connectivity index (χ2v) is 4.43. The molecule has 0 aliphatic rings. The van der Waals surface area contributed by atoms with Crippen LogP contribution in [0.4, 0.5) is 0 Å². The average Bonchev–Trinajstić information content (AvgIpc) is 2.28. The standard InChI is InChI=1S/C14H22O2/c1-3-5-6-11(4-2)9-12-10-13(15)7-8-14(12)16/h7-8,10-11,15-16H,3-6,9H2,1-2H3. The van der Waals surface area contributed by atoms with E-state index >= 15 is 0 Å². The van der Waals surface area contributed by atoms with Gasteiger partial charge in [0.25, 0.3) is 0 Å². The van der Waals surface area contributed by atoms with Crippen LogP contribution in [0.1, 0.15) is 45.1 Å². The molecule has 0 radical (unpaired) electrons. The van der Waals surface area contributed by atoms with Crippen molar-refractivity contribution in [3.8, 4) is 11.5 Å². The van der Waals surface area contributed by atoms with Gasteiger partial charge in [-0.3, -0.25) is 0 Å². The molecule has 0 saturated carbocycles. The van der Waals surface area contributed by atoms with E-state index in [4.69, 9.17) is 0 Å². The van der Waals surface area contributed by atoms with E-state index in [1.165, 1.54) is 25.3 Å². The highest BCUT2D eigenvalue weighted by atomic mass is 16.3. The summed E-state index contributed by atoms with van der Waals surface area (Å²) < 4.78 is 0. The lowest BCUT2D eigenvalue weighted by Gasteiger charge is -2.15. The van der Waals surface area contributed by atoms with Gasteiger partial charge in [0, 0.05) is 0 Å². The van der Waals surface area contributed by atoms with Crippen LogP contribution < -0.4 is 0 Å². The molecular weight excluding hydrogens is 200 g/mol. The summed E-state index contributed by atoms with van der Waals surface area (Å²) in [7, 11) is 0. The van der Waals surface area contributed by atoms with Crippen LogP contribution >= 0.6 is 0 Å². The van der Waals surface area contributed by atoms with E-state index in [0.29, 0.717) is 11.7 Å². The van der Waals surface area contributed by atoms with Gasteiger partial charge in [-0.1, -0.05) is 39.5 Å². The number of rotatable bonds is 6. The molecule has 0 saturated heterocycles. The Labute approximate surface area is 97.9 Å². The number of benzene rings is 1. The molecule has 1 aromatic carbocycles. The lowest BCUT2D eigenvalue weighted by Crippen LogP contribution is -2.03. The van der Waals surface area contributed by atoms with Crippen molar-refractivity contribution in [2.45, 2.75) is 46.0 Å². The molecule has 0 amide bonds. The van der Waals surface area contributed by atoms with Gasteiger partial charge in [0.1, 0.15) is 11.5 Å². The highest BCUT2D eigenvalue weighted by Gasteiger charge is 2.10. The van der Waals surface area contributed by atoms with Gasteiger partial charge in [-0.25, -0.2) is 0 Å². The zero-order chi connectivity index (χ0) is 12.0. The summed E-state index contributed by atoms with van der Waals surface area (Å²) in [5.41, 5.74) is 0.864. The number of phenolic OH excluding ortho intramolecular Hbond substituents is 2. The van der Waals surface area contributed by atoms with Gasteiger partial charge < -0.3 is 10.2 Å². The van der Waals surface area contributed by atoms with Crippen molar-refractivity contribution >= 4 is 0 Å². The van der Waals surface area contributed by atoms with Crippen molar-refractivity contribution in [3.63, 3.8) is 0 Å². The molecule has 2 nitrogen and oxygen atoms in total. The molecule has 2 heteroatoms. The van der Waals surface area contributed by atoms with Crippen molar-refractivity contribution in [1.82, 2.24) is 0 Å². The quantitative estimate of drug-likeness (QED) is 0.717. The number of aromatic hydroxyl groups is 2. The van der Waals surface area contributed by atoms with Gasteiger partial charge in [0.15, 0.2) is 0 Å². The maximum absolute atomic E-state index is 9.69. The summed E-state index contributed by atoms with van der Waals surface area (Å²) in [5.74, 6) is 1.14. The molecule has 1 aromatic rings. The maximum Gasteiger partial charge on any atom is 0.119 e. The molecule has 0 heterocycles. The van der Waals surface area contributed by atoms with Crippen LogP contribution in [-0.2, 0) is 6.42 Å². The summed E-state index contributed by atoms with van der Waals surface area (Å²) in [5, 5.41) is 19.1. The highest BCUT2D eigenvalue weighted by Crippen LogP contribution is 2.27. The van der Waals surface area contributed by atoms with Crippen LogP contribution in [-0.4, -0.2) is 10.2 Å². The average molecular weight is 222 g/mol. The fourth-order valence-corrected chi connectivity index (χ4v) is 1.99. The summed E-state index contributed by atoms with van der Waals surface area (Å²) >= 11 is 0. The van der Waals surface area contributed by atoms with E-state index < -0.39 is 0 Å². The predicted octanol–water partition coefficient (Wildman–Crippen LogP) is 3.86. The SMILES string of the molecule is CCCCC(CC)Cc1cc(O)ccc1O. The molecular formula is C14H22O2. The monoisotopic (exact) mass is 222 g/mol. The maximum atomic E-state index is 9.69. The Morgan fingerprint density at radius 3 is 2.56 bits per heavy atom. The minimum atomic E-state index is 0.234. The van der Waals surface area contributed by atoms with Crippen molar-refractivity contribution in [1.29, 1.82) is 0 Å². The Balaban J connectivity index is 2.65. The highest BCUT2D eigenvalue weighted by molar-refractivity contribution is 5.38. The van der Waals surface area contributed by atoms with Gasteiger partial charge in [0.05, 0.1) is 0 Å². The van der Waals surface area contributed by atoms with Gasteiger partial charge in [0.2, 0.25) is 0 Å². The van der Waals surface area contributed by atoms with Gasteiger partial charge in [-0.15, -0.1) is 0 Å². The van der Waals surface area contributed by atoms with Gasteiger partial charge in [-0.2, -0.15) is 0 Å². The fraction of sp³-hybridized carbons (Fsp3) is 0.571. The molecule has 0 aromatic heterocycles. The molecule has 2 N–H and O–H groups in total. The van der Waals surface area contributed by atoms with Crippen LogP contribution in [0.25, 0.3) is 0 Å². The Morgan fingerprint density at radius 2 is 1.94 bits per heavy atom. The van der Waals surface area contributed by atoms with Crippen LogP contribution in [0.5, 0.6) is 11.5 Å². The van der Waals surface area contributed by atoms with Crippen LogP contribution in [0.3, 0.4) is 0 Å². The van der Waals surface area contributed by atoms with E-state index in [-0.39, 0.29) is 5.75 Å². The second-order valence-electron chi connectivity index (χ2n) is 4.43. The summed E-state index contributed by atoms with van der Waals surface area (Å²) in [6.45, 7) is 4.37. The first-order valence-corrected chi connectivity index (χ1v) is 6.18. The molecule has 1 rings (SSSR count). The number of phenols is 2. The Hall–Kier alpha value is -1.18. The first-order valence-electron chi connectivity index (χ1n) is 6.18. The van der Waals surface area contributed by atoms with Crippen LogP contribution in [0, 0.1) is 5.92 Å². The predicted molar refractivity (Wildman–Crippen MR) is 66.8 cm³/mol. The molecule has 0 bridgehead atoms.